The summed E-state index contributed by atoms with van der Waals surface area (Å²) in [5.74, 6) is 2.30. The number of nitrogens with zero attached hydrogens (tertiary/aromatic N) is 5. The van der Waals surface area contributed by atoms with E-state index in [1.54, 1.807) is 7.11 Å². The van der Waals surface area contributed by atoms with E-state index in [-0.39, 0.29) is 5.91 Å². The van der Waals surface area contributed by atoms with E-state index in [0.717, 1.165) is 56.9 Å². The van der Waals surface area contributed by atoms with E-state index in [0.29, 0.717) is 30.8 Å². The van der Waals surface area contributed by atoms with Crippen molar-refractivity contribution in [2.24, 2.45) is 0 Å². The molecule has 0 spiro atoms. The van der Waals surface area contributed by atoms with E-state index in [9.17, 15) is 4.79 Å². The van der Waals surface area contributed by atoms with E-state index in [2.05, 4.69) is 31.8 Å². The third-order valence-corrected chi connectivity index (χ3v) is 6.68. The highest BCUT2D eigenvalue weighted by Gasteiger charge is 2.27. The van der Waals surface area contributed by atoms with Gasteiger partial charge < -0.3 is 14.2 Å². The zero-order valence-corrected chi connectivity index (χ0v) is 19.3. The summed E-state index contributed by atoms with van der Waals surface area (Å²) in [5.41, 5.74) is 0.905. The second kappa shape index (κ2) is 10.9. The number of carbonyl (C=O) groups excluding carboxylic acids is 1. The monoisotopic (exact) mass is 441 g/mol. The summed E-state index contributed by atoms with van der Waals surface area (Å²) in [4.78, 5) is 24.2. The first-order valence-corrected chi connectivity index (χ1v) is 11.9. The predicted octanol–water partition coefficient (Wildman–Crippen LogP) is 3.04. The van der Waals surface area contributed by atoms with E-state index in [1.165, 1.54) is 19.3 Å². The van der Waals surface area contributed by atoms with Crippen LogP contribution in [-0.4, -0.2) is 83.2 Å². The lowest BCUT2D eigenvalue weighted by atomic mass is 9.94. The molecule has 1 amide bonds. The molecular formula is C24H35N5O3. The highest BCUT2D eigenvalue weighted by Crippen LogP contribution is 2.23. The molecule has 1 aliphatic carbocycles. The SMILES string of the molecule is CCN(C(=O)CN1CCN(Cc2nc(-c3ccc(OC)cc3)no2)CC1)C1CCCCC1. The smallest absolute Gasteiger partial charge is 0.241 e. The summed E-state index contributed by atoms with van der Waals surface area (Å²) in [6.45, 7) is 7.63. The Morgan fingerprint density at radius 1 is 1.09 bits per heavy atom. The van der Waals surface area contributed by atoms with Gasteiger partial charge in [0.1, 0.15) is 5.75 Å². The van der Waals surface area contributed by atoms with Gasteiger partial charge in [-0.25, -0.2) is 0 Å². The zero-order valence-electron chi connectivity index (χ0n) is 19.3. The molecule has 2 heterocycles. The number of likely N-dealkylation sites (N-methyl/N-ethyl adjacent to an activating group) is 1. The van der Waals surface area contributed by atoms with Crippen molar-refractivity contribution >= 4 is 5.91 Å². The van der Waals surface area contributed by atoms with Crippen molar-refractivity contribution in [2.75, 3.05) is 46.4 Å². The molecule has 32 heavy (non-hydrogen) atoms. The van der Waals surface area contributed by atoms with Crippen LogP contribution in [0.15, 0.2) is 28.8 Å². The van der Waals surface area contributed by atoms with Gasteiger partial charge in [0.25, 0.3) is 0 Å². The highest BCUT2D eigenvalue weighted by molar-refractivity contribution is 5.78. The van der Waals surface area contributed by atoms with E-state index in [1.807, 2.05) is 24.3 Å². The molecule has 1 aromatic heterocycles. The van der Waals surface area contributed by atoms with E-state index >= 15 is 0 Å². The maximum absolute atomic E-state index is 12.9. The Kier molecular flexibility index (Phi) is 7.76. The molecule has 2 aliphatic rings. The fourth-order valence-corrected chi connectivity index (χ4v) is 4.79. The molecule has 4 rings (SSSR count). The van der Waals surface area contributed by atoms with Gasteiger partial charge in [-0.2, -0.15) is 4.98 Å². The minimum absolute atomic E-state index is 0.286. The molecule has 2 fully saturated rings. The van der Waals surface area contributed by atoms with Crippen molar-refractivity contribution in [3.05, 3.63) is 30.2 Å². The molecule has 1 saturated carbocycles. The topological polar surface area (TPSA) is 74.9 Å². The number of piperazine rings is 1. The molecular weight excluding hydrogens is 406 g/mol. The second-order valence-electron chi connectivity index (χ2n) is 8.76. The maximum atomic E-state index is 12.9. The van der Waals surface area contributed by atoms with Crippen molar-refractivity contribution in [3.63, 3.8) is 0 Å². The van der Waals surface area contributed by atoms with Crippen LogP contribution in [0.5, 0.6) is 5.75 Å². The number of methoxy groups -OCH3 is 1. The molecule has 8 heteroatoms. The van der Waals surface area contributed by atoms with Gasteiger partial charge in [-0.15, -0.1) is 0 Å². The lowest BCUT2D eigenvalue weighted by molar-refractivity contribution is -0.135. The maximum Gasteiger partial charge on any atom is 0.241 e. The molecule has 0 atom stereocenters. The average molecular weight is 442 g/mol. The molecule has 174 valence electrons. The summed E-state index contributed by atoms with van der Waals surface area (Å²) in [6.07, 6.45) is 6.14. The minimum Gasteiger partial charge on any atom is -0.497 e. The number of carbonyl (C=O) groups is 1. The third-order valence-electron chi connectivity index (χ3n) is 6.68. The van der Waals surface area contributed by atoms with Crippen LogP contribution >= 0.6 is 0 Å². The first kappa shape index (κ1) is 22.7. The van der Waals surface area contributed by atoms with Gasteiger partial charge in [-0.1, -0.05) is 24.4 Å². The van der Waals surface area contributed by atoms with Gasteiger partial charge in [0.2, 0.25) is 17.6 Å². The Balaban J connectivity index is 1.24. The number of hydrogen-bond acceptors (Lipinski definition) is 7. The van der Waals surface area contributed by atoms with E-state index in [4.69, 9.17) is 9.26 Å². The van der Waals surface area contributed by atoms with E-state index < -0.39 is 0 Å². The minimum atomic E-state index is 0.286. The largest absolute Gasteiger partial charge is 0.497 e. The Morgan fingerprint density at radius 3 is 2.44 bits per heavy atom. The van der Waals surface area contributed by atoms with Crippen molar-refractivity contribution in [1.29, 1.82) is 0 Å². The normalized spacial score (nSPS) is 18.6. The summed E-state index contributed by atoms with van der Waals surface area (Å²) in [5, 5.41) is 4.12. The number of amides is 1. The highest BCUT2D eigenvalue weighted by atomic mass is 16.5. The van der Waals surface area contributed by atoms with Crippen molar-refractivity contribution in [2.45, 2.75) is 51.6 Å². The van der Waals surface area contributed by atoms with Crippen molar-refractivity contribution < 1.29 is 14.1 Å². The summed E-state index contributed by atoms with van der Waals surface area (Å²) < 4.78 is 10.7. The van der Waals surface area contributed by atoms with Gasteiger partial charge in [0.05, 0.1) is 20.2 Å². The first-order valence-electron chi connectivity index (χ1n) is 11.9. The van der Waals surface area contributed by atoms with Crippen LogP contribution < -0.4 is 4.74 Å². The number of hydrogen-bond donors (Lipinski definition) is 0. The second-order valence-corrected chi connectivity index (χ2v) is 8.76. The molecule has 0 bridgehead atoms. The average Bonchev–Trinajstić information content (AvgIpc) is 3.30. The molecule has 0 radical (unpaired) electrons. The molecule has 1 aliphatic heterocycles. The Morgan fingerprint density at radius 2 is 1.78 bits per heavy atom. The van der Waals surface area contributed by atoms with Crippen LogP contribution in [0.25, 0.3) is 11.4 Å². The van der Waals surface area contributed by atoms with Gasteiger partial charge in [0.15, 0.2) is 0 Å². The quantitative estimate of drug-likeness (QED) is 0.623. The number of rotatable bonds is 8. The van der Waals surface area contributed by atoms with Gasteiger partial charge >= 0.3 is 0 Å². The lowest BCUT2D eigenvalue weighted by Crippen LogP contribution is -2.51. The van der Waals surface area contributed by atoms with Crippen LogP contribution in [-0.2, 0) is 11.3 Å². The molecule has 0 N–H and O–H groups in total. The molecule has 1 saturated heterocycles. The third kappa shape index (κ3) is 5.66. The van der Waals surface area contributed by atoms with Crippen LogP contribution in [0.3, 0.4) is 0 Å². The number of ether oxygens (including phenoxy) is 1. The molecule has 8 nitrogen and oxygen atoms in total. The van der Waals surface area contributed by atoms with Gasteiger partial charge in [-0.05, 0) is 44.0 Å². The van der Waals surface area contributed by atoms with Gasteiger partial charge in [0, 0.05) is 44.3 Å². The van der Waals surface area contributed by atoms with Crippen LogP contribution in [0.4, 0.5) is 0 Å². The lowest BCUT2D eigenvalue weighted by Gasteiger charge is -2.37. The number of aromatic nitrogens is 2. The first-order chi connectivity index (χ1) is 15.7. The van der Waals surface area contributed by atoms with Gasteiger partial charge in [-0.3, -0.25) is 14.6 Å². The van der Waals surface area contributed by atoms with Crippen molar-refractivity contribution in [3.8, 4) is 17.1 Å². The fraction of sp³-hybridized carbons (Fsp3) is 0.625. The zero-order chi connectivity index (χ0) is 22.3. The van der Waals surface area contributed by atoms with Crippen LogP contribution in [0.1, 0.15) is 44.9 Å². The molecule has 2 aromatic rings. The standard InChI is InChI=1S/C24H35N5O3/c1-3-29(20-7-5-4-6-8-20)23(30)18-28-15-13-27(14-16-28)17-22-25-24(26-32-22)19-9-11-21(31-2)12-10-19/h9-12,20H,3-8,13-18H2,1-2H3. The number of benzene rings is 1. The van der Waals surface area contributed by atoms with Crippen LogP contribution in [0, 0.1) is 0 Å². The Bertz CT molecular complexity index is 855. The summed E-state index contributed by atoms with van der Waals surface area (Å²) in [6, 6.07) is 8.08. The predicted molar refractivity (Wildman–Crippen MR) is 122 cm³/mol. The summed E-state index contributed by atoms with van der Waals surface area (Å²) in [7, 11) is 1.65. The van der Waals surface area contributed by atoms with Crippen molar-refractivity contribution in [1.82, 2.24) is 24.8 Å². The molecule has 1 aromatic carbocycles. The van der Waals surface area contributed by atoms with Crippen LogP contribution in [0.2, 0.25) is 0 Å². The Labute approximate surface area is 190 Å². The fourth-order valence-electron chi connectivity index (χ4n) is 4.79. The Hall–Kier alpha value is -2.45. The summed E-state index contributed by atoms with van der Waals surface area (Å²) >= 11 is 0. The molecule has 0 unspecified atom stereocenters.